The number of benzene rings is 2. The smallest absolute Gasteiger partial charge is 0.259 e. The topological polar surface area (TPSA) is 62.7 Å². The molecule has 0 heterocycles. The summed E-state index contributed by atoms with van der Waals surface area (Å²) in [4.78, 5) is 11.8. The molecule has 0 unspecified atom stereocenters. The van der Waals surface area contributed by atoms with E-state index in [-0.39, 0.29) is 12.5 Å². The van der Waals surface area contributed by atoms with E-state index in [9.17, 15) is 4.79 Å². The van der Waals surface area contributed by atoms with Crippen molar-refractivity contribution in [3.8, 4) is 5.75 Å². The molecule has 0 aliphatic rings. The molecule has 0 spiro atoms. The Morgan fingerprint density at radius 1 is 1.28 bits per heavy atom. The van der Waals surface area contributed by atoms with Gasteiger partial charge in [-0.3, -0.25) is 4.79 Å². The first-order valence-electron chi connectivity index (χ1n) is 7.43. The fourth-order valence-electron chi connectivity index (χ4n) is 1.86. The molecule has 2 N–H and O–H groups in total. The summed E-state index contributed by atoms with van der Waals surface area (Å²) in [5.74, 6) is 0.384. The molecule has 0 saturated carbocycles. The highest BCUT2D eigenvalue weighted by molar-refractivity contribution is 9.10. The van der Waals surface area contributed by atoms with Crippen LogP contribution in [0.5, 0.6) is 5.75 Å². The maximum Gasteiger partial charge on any atom is 0.259 e. The molecule has 2 aromatic rings. The van der Waals surface area contributed by atoms with Crippen molar-refractivity contribution in [3.63, 3.8) is 0 Å². The number of nitrogens with one attached hydrogen (secondary N) is 2. The van der Waals surface area contributed by atoms with Crippen molar-refractivity contribution in [1.29, 1.82) is 0 Å². The number of hydrogen-bond acceptors (Lipinski definition) is 4. The number of hydrazone groups is 1. The second-order valence-corrected chi connectivity index (χ2v) is 6.29. The van der Waals surface area contributed by atoms with E-state index < -0.39 is 0 Å². The second-order valence-electron chi connectivity index (χ2n) is 4.94. The minimum Gasteiger partial charge on any atom is -0.489 e. The predicted molar refractivity (Wildman–Crippen MR) is 106 cm³/mol. The summed E-state index contributed by atoms with van der Waals surface area (Å²) < 4.78 is 6.43. The fourth-order valence-corrected chi connectivity index (χ4v) is 2.37. The first kappa shape index (κ1) is 19.0. The summed E-state index contributed by atoms with van der Waals surface area (Å²) in [6.45, 7) is 4.10. The van der Waals surface area contributed by atoms with Gasteiger partial charge in [0, 0.05) is 20.7 Å². The molecule has 0 aliphatic heterocycles. The van der Waals surface area contributed by atoms with Gasteiger partial charge in [-0.2, -0.15) is 5.10 Å². The van der Waals surface area contributed by atoms with Gasteiger partial charge in [0.25, 0.3) is 5.91 Å². The molecule has 25 heavy (non-hydrogen) atoms. The molecule has 0 atom stereocenters. The summed E-state index contributed by atoms with van der Waals surface area (Å²) in [5.41, 5.74) is 4.01. The highest BCUT2D eigenvalue weighted by Crippen LogP contribution is 2.21. The number of amides is 1. The van der Waals surface area contributed by atoms with Crippen LogP contribution in [0.1, 0.15) is 5.56 Å². The van der Waals surface area contributed by atoms with Crippen LogP contribution in [0.15, 0.2) is 64.7 Å². The Morgan fingerprint density at radius 3 is 2.76 bits per heavy atom. The number of ether oxygens (including phenoxy) is 1. The van der Waals surface area contributed by atoms with Gasteiger partial charge >= 0.3 is 0 Å². The molecular formula is C18H17BrClN3O2. The van der Waals surface area contributed by atoms with Gasteiger partial charge in [-0.05, 0) is 42.5 Å². The number of nitrogens with zero attached hydrogens (tertiary/aromatic N) is 1. The summed E-state index contributed by atoms with van der Waals surface area (Å²) in [5, 5.41) is 7.59. The maximum atomic E-state index is 11.8. The highest BCUT2D eigenvalue weighted by Gasteiger charge is 2.03. The monoisotopic (exact) mass is 421 g/mol. The first-order valence-corrected chi connectivity index (χ1v) is 8.60. The quantitative estimate of drug-likeness (QED) is 0.380. The Kier molecular flexibility index (Phi) is 7.50. The van der Waals surface area contributed by atoms with Crippen molar-refractivity contribution < 1.29 is 9.53 Å². The third-order valence-corrected chi connectivity index (χ3v) is 3.76. The Hall–Kier alpha value is -2.31. The fraction of sp³-hybridized carbons (Fsp3) is 0.111. The normalized spacial score (nSPS) is 10.5. The van der Waals surface area contributed by atoms with Crippen LogP contribution in [0.25, 0.3) is 0 Å². The molecule has 0 aromatic heterocycles. The summed E-state index contributed by atoms with van der Waals surface area (Å²) >= 11 is 9.21. The Balaban J connectivity index is 1.89. The zero-order valence-electron chi connectivity index (χ0n) is 13.3. The summed E-state index contributed by atoms with van der Waals surface area (Å²) in [7, 11) is 0. The number of carbonyl (C=O) groups excluding carboxylic acids is 1. The van der Waals surface area contributed by atoms with Crippen LogP contribution in [-0.2, 0) is 4.79 Å². The SMILES string of the molecule is C=CCOc1ccc(Br)cc1/C=N\NC(=O)CNc1ccc(Cl)cc1. The molecule has 1 amide bonds. The molecule has 0 aliphatic carbocycles. The molecule has 2 aromatic carbocycles. The number of carbonyl (C=O) groups is 1. The van der Waals surface area contributed by atoms with Gasteiger partial charge in [-0.15, -0.1) is 0 Å². The van der Waals surface area contributed by atoms with Gasteiger partial charge in [-0.25, -0.2) is 5.43 Å². The van der Waals surface area contributed by atoms with Crippen molar-refractivity contribution in [1.82, 2.24) is 5.43 Å². The van der Waals surface area contributed by atoms with E-state index in [1.807, 2.05) is 18.2 Å². The lowest BCUT2D eigenvalue weighted by Crippen LogP contribution is -2.25. The van der Waals surface area contributed by atoms with E-state index in [4.69, 9.17) is 16.3 Å². The van der Waals surface area contributed by atoms with Crippen LogP contribution in [-0.4, -0.2) is 25.3 Å². The number of anilines is 1. The number of rotatable bonds is 8. The van der Waals surface area contributed by atoms with Crippen molar-refractivity contribution >= 4 is 45.3 Å². The minimum absolute atomic E-state index is 0.0945. The van der Waals surface area contributed by atoms with Gasteiger partial charge in [0.2, 0.25) is 0 Å². The summed E-state index contributed by atoms with van der Waals surface area (Å²) in [6, 6.07) is 12.6. The van der Waals surface area contributed by atoms with Crippen molar-refractivity contribution in [2.24, 2.45) is 5.10 Å². The second kappa shape index (κ2) is 9.86. The van der Waals surface area contributed by atoms with E-state index in [0.717, 1.165) is 15.7 Å². The van der Waals surface area contributed by atoms with Crippen molar-refractivity contribution in [3.05, 3.63) is 70.2 Å². The van der Waals surface area contributed by atoms with Gasteiger partial charge in [0.05, 0.1) is 12.8 Å². The molecule has 5 nitrogen and oxygen atoms in total. The molecule has 0 radical (unpaired) electrons. The van der Waals surface area contributed by atoms with Crippen molar-refractivity contribution in [2.75, 3.05) is 18.5 Å². The predicted octanol–water partition coefficient (Wildman–Crippen LogP) is 4.23. The Bertz CT molecular complexity index is 763. The minimum atomic E-state index is -0.269. The molecule has 7 heteroatoms. The average molecular weight is 423 g/mol. The van der Waals surface area contributed by atoms with E-state index in [2.05, 4.69) is 38.4 Å². The maximum absolute atomic E-state index is 11.8. The third kappa shape index (κ3) is 6.60. The van der Waals surface area contributed by atoms with Gasteiger partial charge in [-0.1, -0.05) is 40.2 Å². The lowest BCUT2D eigenvalue weighted by Gasteiger charge is -2.08. The summed E-state index contributed by atoms with van der Waals surface area (Å²) in [6.07, 6.45) is 3.19. The Morgan fingerprint density at radius 2 is 2.04 bits per heavy atom. The molecule has 2 rings (SSSR count). The standard InChI is InChI=1S/C18H17BrClN3O2/c1-2-9-25-17-8-3-14(19)10-13(17)11-22-23-18(24)12-21-16-6-4-15(20)5-7-16/h2-8,10-11,21H,1,9,12H2,(H,23,24)/b22-11-. The molecule has 0 bridgehead atoms. The van der Waals surface area contributed by atoms with Crippen LogP contribution >= 0.6 is 27.5 Å². The molecule has 130 valence electrons. The lowest BCUT2D eigenvalue weighted by molar-refractivity contribution is -0.119. The van der Waals surface area contributed by atoms with Gasteiger partial charge in [0.15, 0.2) is 0 Å². The number of halogens is 2. The van der Waals surface area contributed by atoms with E-state index in [0.29, 0.717) is 17.4 Å². The zero-order chi connectivity index (χ0) is 18.1. The van der Waals surface area contributed by atoms with E-state index >= 15 is 0 Å². The van der Waals surface area contributed by atoms with Crippen molar-refractivity contribution in [2.45, 2.75) is 0 Å². The molecule has 0 saturated heterocycles. The Labute approximate surface area is 159 Å². The average Bonchev–Trinajstić information content (AvgIpc) is 2.60. The molecule has 0 fully saturated rings. The highest BCUT2D eigenvalue weighted by atomic mass is 79.9. The van der Waals surface area contributed by atoms with Gasteiger partial charge < -0.3 is 10.1 Å². The van der Waals surface area contributed by atoms with Crippen LogP contribution < -0.4 is 15.5 Å². The zero-order valence-corrected chi connectivity index (χ0v) is 15.7. The molecular weight excluding hydrogens is 406 g/mol. The third-order valence-electron chi connectivity index (χ3n) is 3.02. The lowest BCUT2D eigenvalue weighted by atomic mass is 10.2. The van der Waals surface area contributed by atoms with Crippen LogP contribution in [0.3, 0.4) is 0 Å². The van der Waals surface area contributed by atoms with Gasteiger partial charge in [0.1, 0.15) is 12.4 Å². The van der Waals surface area contributed by atoms with Crippen LogP contribution in [0.4, 0.5) is 5.69 Å². The van der Waals surface area contributed by atoms with E-state index in [1.165, 1.54) is 6.21 Å². The largest absolute Gasteiger partial charge is 0.489 e. The van der Waals surface area contributed by atoms with Crippen LogP contribution in [0, 0.1) is 0 Å². The van der Waals surface area contributed by atoms with E-state index in [1.54, 1.807) is 30.3 Å². The number of hydrogen-bond donors (Lipinski definition) is 2. The van der Waals surface area contributed by atoms with Crippen LogP contribution in [0.2, 0.25) is 5.02 Å². The first-order chi connectivity index (χ1) is 12.1.